The summed E-state index contributed by atoms with van der Waals surface area (Å²) >= 11 is 0. The van der Waals surface area contributed by atoms with E-state index in [1.54, 1.807) is 0 Å². The first-order valence-electron chi connectivity index (χ1n) is 7.11. The maximum atomic E-state index is 11.9. The van der Waals surface area contributed by atoms with Crippen LogP contribution in [0.2, 0.25) is 0 Å². The molecule has 0 aromatic heterocycles. The van der Waals surface area contributed by atoms with Gasteiger partial charge in [-0.3, -0.25) is 4.79 Å². The predicted octanol–water partition coefficient (Wildman–Crippen LogP) is 1.16. The first-order valence-corrected chi connectivity index (χ1v) is 7.11. The number of carbonyl (C=O) groups is 1. The van der Waals surface area contributed by atoms with Crippen molar-refractivity contribution in [2.75, 3.05) is 37.6 Å². The fraction of sp³-hybridized carbons (Fsp3) is 0.533. The van der Waals surface area contributed by atoms with Crippen LogP contribution in [-0.2, 0) is 11.2 Å². The Bertz CT molecular complexity index is 414. The van der Waals surface area contributed by atoms with Crippen molar-refractivity contribution in [1.29, 1.82) is 0 Å². The Morgan fingerprint density at radius 2 is 2.05 bits per heavy atom. The molecule has 0 radical (unpaired) electrons. The molecule has 4 nitrogen and oxygen atoms in total. The second kappa shape index (κ2) is 7.14. The van der Waals surface area contributed by atoms with Crippen LogP contribution in [0, 0.1) is 0 Å². The standard InChI is InChI=1S/C15H23N3O/c1-2-7-17-15(19)12-13-5-3-4-6-14(13)18-10-8-16-9-11-18/h3-6,16H,2,7-12H2,1H3,(H,17,19). The van der Waals surface area contributed by atoms with Gasteiger partial charge in [-0.1, -0.05) is 25.1 Å². The number of rotatable bonds is 5. The molecule has 1 amide bonds. The number of hydrogen-bond acceptors (Lipinski definition) is 3. The number of nitrogens with zero attached hydrogens (tertiary/aromatic N) is 1. The van der Waals surface area contributed by atoms with Crippen molar-refractivity contribution in [2.45, 2.75) is 19.8 Å². The van der Waals surface area contributed by atoms with Gasteiger partial charge >= 0.3 is 0 Å². The van der Waals surface area contributed by atoms with Crippen molar-refractivity contribution >= 4 is 11.6 Å². The Balaban J connectivity index is 2.05. The van der Waals surface area contributed by atoms with E-state index in [1.807, 2.05) is 12.1 Å². The molecule has 1 heterocycles. The largest absolute Gasteiger partial charge is 0.369 e. The first-order chi connectivity index (χ1) is 9.31. The SMILES string of the molecule is CCCNC(=O)Cc1ccccc1N1CCNCC1. The third-order valence-corrected chi connectivity index (χ3v) is 3.37. The molecule has 0 aliphatic carbocycles. The topological polar surface area (TPSA) is 44.4 Å². The number of carbonyl (C=O) groups excluding carboxylic acids is 1. The van der Waals surface area contributed by atoms with Gasteiger partial charge < -0.3 is 15.5 Å². The van der Waals surface area contributed by atoms with Crippen molar-refractivity contribution in [1.82, 2.24) is 10.6 Å². The van der Waals surface area contributed by atoms with Crippen molar-refractivity contribution in [3.63, 3.8) is 0 Å². The summed E-state index contributed by atoms with van der Waals surface area (Å²) in [4.78, 5) is 14.2. The van der Waals surface area contributed by atoms with Crippen LogP contribution >= 0.6 is 0 Å². The minimum absolute atomic E-state index is 0.115. The molecular formula is C15H23N3O. The minimum atomic E-state index is 0.115. The fourth-order valence-electron chi connectivity index (χ4n) is 2.37. The van der Waals surface area contributed by atoms with Crippen LogP contribution < -0.4 is 15.5 Å². The molecule has 0 atom stereocenters. The van der Waals surface area contributed by atoms with E-state index >= 15 is 0 Å². The molecule has 1 aromatic rings. The van der Waals surface area contributed by atoms with E-state index in [0.29, 0.717) is 6.42 Å². The lowest BCUT2D eigenvalue weighted by Crippen LogP contribution is -2.44. The lowest BCUT2D eigenvalue weighted by atomic mass is 10.1. The van der Waals surface area contributed by atoms with E-state index in [4.69, 9.17) is 0 Å². The molecule has 1 aliphatic heterocycles. The average Bonchev–Trinajstić information content (AvgIpc) is 2.46. The summed E-state index contributed by atoms with van der Waals surface area (Å²) in [6.45, 7) is 6.86. The second-order valence-corrected chi connectivity index (χ2v) is 4.89. The van der Waals surface area contributed by atoms with Gasteiger partial charge in [0.15, 0.2) is 0 Å². The molecule has 0 saturated carbocycles. The zero-order valence-electron chi connectivity index (χ0n) is 11.6. The molecule has 1 fully saturated rings. The average molecular weight is 261 g/mol. The van der Waals surface area contributed by atoms with E-state index in [2.05, 4.69) is 34.6 Å². The smallest absolute Gasteiger partial charge is 0.224 e. The molecular weight excluding hydrogens is 238 g/mol. The summed E-state index contributed by atoms with van der Waals surface area (Å²) in [5.41, 5.74) is 2.33. The third kappa shape index (κ3) is 3.96. The van der Waals surface area contributed by atoms with Crippen LogP contribution in [0.3, 0.4) is 0 Å². The minimum Gasteiger partial charge on any atom is -0.369 e. The van der Waals surface area contributed by atoms with Crippen LogP contribution in [0.1, 0.15) is 18.9 Å². The Morgan fingerprint density at radius 3 is 2.79 bits per heavy atom. The highest BCUT2D eigenvalue weighted by Gasteiger charge is 2.15. The fourth-order valence-corrected chi connectivity index (χ4v) is 2.37. The number of nitrogens with one attached hydrogen (secondary N) is 2. The van der Waals surface area contributed by atoms with E-state index < -0.39 is 0 Å². The molecule has 19 heavy (non-hydrogen) atoms. The Morgan fingerprint density at radius 1 is 1.32 bits per heavy atom. The summed E-state index contributed by atoms with van der Waals surface area (Å²) in [5, 5.41) is 6.29. The van der Waals surface area contributed by atoms with Gasteiger partial charge in [0.1, 0.15) is 0 Å². The molecule has 0 bridgehead atoms. The van der Waals surface area contributed by atoms with Crippen molar-refractivity contribution in [3.05, 3.63) is 29.8 Å². The van der Waals surface area contributed by atoms with Crippen LogP contribution in [-0.4, -0.2) is 38.6 Å². The van der Waals surface area contributed by atoms with Crippen molar-refractivity contribution in [3.8, 4) is 0 Å². The Labute approximate surface area is 115 Å². The van der Waals surface area contributed by atoms with Crippen LogP contribution in [0.4, 0.5) is 5.69 Å². The zero-order chi connectivity index (χ0) is 13.5. The maximum Gasteiger partial charge on any atom is 0.224 e. The van der Waals surface area contributed by atoms with E-state index in [0.717, 1.165) is 44.7 Å². The molecule has 2 rings (SSSR count). The molecule has 2 N–H and O–H groups in total. The summed E-state index contributed by atoms with van der Waals surface area (Å²) < 4.78 is 0. The number of para-hydroxylation sites is 1. The first kappa shape index (κ1) is 13.9. The number of benzene rings is 1. The monoisotopic (exact) mass is 261 g/mol. The van der Waals surface area contributed by atoms with Gasteiger partial charge in [0, 0.05) is 38.4 Å². The molecule has 104 valence electrons. The summed E-state index contributed by atoms with van der Waals surface area (Å²) in [7, 11) is 0. The van der Waals surface area contributed by atoms with Crippen molar-refractivity contribution < 1.29 is 4.79 Å². The summed E-state index contributed by atoms with van der Waals surface area (Å²) in [5.74, 6) is 0.115. The number of hydrogen-bond donors (Lipinski definition) is 2. The molecule has 1 saturated heterocycles. The lowest BCUT2D eigenvalue weighted by molar-refractivity contribution is -0.120. The lowest BCUT2D eigenvalue weighted by Gasteiger charge is -2.31. The normalized spacial score (nSPS) is 15.3. The zero-order valence-corrected chi connectivity index (χ0v) is 11.6. The third-order valence-electron chi connectivity index (χ3n) is 3.37. The number of amides is 1. The van der Waals surface area contributed by atoms with Gasteiger partial charge in [0.2, 0.25) is 5.91 Å². The van der Waals surface area contributed by atoms with E-state index in [1.165, 1.54) is 5.69 Å². The van der Waals surface area contributed by atoms with Crippen LogP contribution in [0.15, 0.2) is 24.3 Å². The van der Waals surface area contributed by atoms with Crippen LogP contribution in [0.5, 0.6) is 0 Å². The van der Waals surface area contributed by atoms with Gasteiger partial charge in [0.25, 0.3) is 0 Å². The van der Waals surface area contributed by atoms with Gasteiger partial charge in [-0.2, -0.15) is 0 Å². The van der Waals surface area contributed by atoms with E-state index in [-0.39, 0.29) is 5.91 Å². The van der Waals surface area contributed by atoms with Gasteiger partial charge in [-0.05, 0) is 18.1 Å². The van der Waals surface area contributed by atoms with Crippen molar-refractivity contribution in [2.24, 2.45) is 0 Å². The Hall–Kier alpha value is -1.55. The number of piperazine rings is 1. The highest BCUT2D eigenvalue weighted by atomic mass is 16.1. The van der Waals surface area contributed by atoms with E-state index in [9.17, 15) is 4.79 Å². The predicted molar refractivity (Wildman–Crippen MR) is 78.5 cm³/mol. The molecule has 0 unspecified atom stereocenters. The van der Waals surface area contributed by atoms with Crippen LogP contribution in [0.25, 0.3) is 0 Å². The molecule has 1 aromatic carbocycles. The maximum absolute atomic E-state index is 11.9. The highest BCUT2D eigenvalue weighted by molar-refractivity contribution is 5.80. The highest BCUT2D eigenvalue weighted by Crippen LogP contribution is 2.21. The molecule has 0 spiro atoms. The second-order valence-electron chi connectivity index (χ2n) is 4.89. The van der Waals surface area contributed by atoms with Gasteiger partial charge in [0.05, 0.1) is 6.42 Å². The summed E-state index contributed by atoms with van der Waals surface area (Å²) in [6.07, 6.45) is 1.45. The molecule has 1 aliphatic rings. The van der Waals surface area contributed by atoms with Gasteiger partial charge in [-0.15, -0.1) is 0 Å². The summed E-state index contributed by atoms with van der Waals surface area (Å²) in [6, 6.07) is 8.23. The number of anilines is 1. The quantitative estimate of drug-likeness (QED) is 0.836. The molecule has 4 heteroatoms. The Kier molecular flexibility index (Phi) is 5.21. The van der Waals surface area contributed by atoms with Gasteiger partial charge in [-0.25, -0.2) is 0 Å².